The third kappa shape index (κ3) is 3.65. The molecule has 2 unspecified atom stereocenters. The van der Waals surface area contributed by atoms with Gasteiger partial charge in [-0.05, 0) is 25.7 Å². The van der Waals surface area contributed by atoms with Crippen molar-refractivity contribution in [3.8, 4) is 0 Å². The Morgan fingerprint density at radius 3 is 3.05 bits per heavy atom. The number of anilines is 2. The van der Waals surface area contributed by atoms with Crippen LogP contribution in [0.5, 0.6) is 0 Å². The van der Waals surface area contributed by atoms with Crippen LogP contribution in [0.25, 0.3) is 0 Å². The van der Waals surface area contributed by atoms with E-state index in [4.69, 9.17) is 10.5 Å². The highest BCUT2D eigenvalue weighted by atomic mass is 32.1. The van der Waals surface area contributed by atoms with Gasteiger partial charge in [0.1, 0.15) is 10.7 Å². The van der Waals surface area contributed by atoms with Gasteiger partial charge in [-0.2, -0.15) is 0 Å². The average molecular weight is 312 g/mol. The van der Waals surface area contributed by atoms with Crippen LogP contribution in [-0.2, 0) is 4.74 Å². The van der Waals surface area contributed by atoms with E-state index in [9.17, 15) is 4.79 Å². The van der Waals surface area contributed by atoms with Gasteiger partial charge in [0, 0.05) is 26.2 Å². The maximum atomic E-state index is 12.7. The normalized spacial score (nSPS) is 22.3. The highest BCUT2D eigenvalue weighted by Crippen LogP contribution is 2.30. The zero-order valence-corrected chi connectivity index (χ0v) is 13.7. The Bertz CT molecular complexity index is 491. The number of thiazole rings is 1. The van der Waals surface area contributed by atoms with Crippen LogP contribution in [0.3, 0.4) is 0 Å². The summed E-state index contributed by atoms with van der Waals surface area (Å²) in [5, 5.41) is 3.79. The molecular formula is C14H24N4O2S. The smallest absolute Gasteiger partial charge is 0.268 e. The molecule has 21 heavy (non-hydrogen) atoms. The number of nitrogen functional groups attached to an aromatic ring is 1. The Morgan fingerprint density at radius 1 is 1.57 bits per heavy atom. The van der Waals surface area contributed by atoms with Gasteiger partial charge in [0.2, 0.25) is 0 Å². The van der Waals surface area contributed by atoms with E-state index >= 15 is 0 Å². The molecule has 2 heterocycles. The topological polar surface area (TPSA) is 80.5 Å². The molecule has 1 aliphatic heterocycles. The summed E-state index contributed by atoms with van der Waals surface area (Å²) in [7, 11) is 1.64. The van der Waals surface area contributed by atoms with Gasteiger partial charge in [0.15, 0.2) is 5.13 Å². The zero-order chi connectivity index (χ0) is 15.4. The van der Waals surface area contributed by atoms with Crippen molar-refractivity contribution >= 4 is 28.2 Å². The van der Waals surface area contributed by atoms with Gasteiger partial charge in [-0.3, -0.25) is 4.79 Å². The molecule has 1 aromatic heterocycles. The third-order valence-corrected chi connectivity index (χ3v) is 5.08. The zero-order valence-electron chi connectivity index (χ0n) is 12.9. The van der Waals surface area contributed by atoms with E-state index in [1.165, 1.54) is 17.8 Å². The Hall–Kier alpha value is -1.34. The number of nitrogens with zero attached hydrogens (tertiary/aromatic N) is 2. The summed E-state index contributed by atoms with van der Waals surface area (Å²) in [6, 6.07) is 0.248. The van der Waals surface area contributed by atoms with E-state index in [2.05, 4.69) is 24.1 Å². The van der Waals surface area contributed by atoms with Crippen molar-refractivity contribution in [2.45, 2.75) is 32.7 Å². The molecule has 0 bridgehead atoms. The molecule has 1 saturated heterocycles. The number of hydrogen-bond acceptors (Lipinski definition) is 6. The molecule has 0 aliphatic carbocycles. The SMILES string of the molecule is COCCNc1nc(N)c(C(=O)N2CCCC(C)C2C)s1. The van der Waals surface area contributed by atoms with Crippen LogP contribution in [0.2, 0.25) is 0 Å². The highest BCUT2D eigenvalue weighted by Gasteiger charge is 2.31. The highest BCUT2D eigenvalue weighted by molar-refractivity contribution is 7.18. The predicted molar refractivity (Wildman–Crippen MR) is 85.8 cm³/mol. The van der Waals surface area contributed by atoms with Crippen molar-refractivity contribution in [2.24, 2.45) is 5.92 Å². The summed E-state index contributed by atoms with van der Waals surface area (Å²) in [6.07, 6.45) is 2.22. The minimum atomic E-state index is 0.00356. The van der Waals surface area contributed by atoms with E-state index in [0.29, 0.717) is 34.9 Å². The van der Waals surface area contributed by atoms with Gasteiger partial charge in [0.25, 0.3) is 5.91 Å². The first kappa shape index (κ1) is 16.0. The van der Waals surface area contributed by atoms with Crippen LogP contribution in [-0.4, -0.2) is 48.6 Å². The quantitative estimate of drug-likeness (QED) is 0.813. The standard InChI is InChI=1S/C14H24N4O2S/c1-9-5-4-7-18(10(9)2)13(19)11-12(15)17-14(21-11)16-6-8-20-3/h9-10H,4-8,15H2,1-3H3,(H,16,17). The second kappa shape index (κ2) is 7.09. The van der Waals surface area contributed by atoms with E-state index in [1.807, 2.05) is 4.90 Å². The van der Waals surface area contributed by atoms with Crippen molar-refractivity contribution in [3.05, 3.63) is 4.88 Å². The third-order valence-electron chi connectivity index (χ3n) is 4.06. The summed E-state index contributed by atoms with van der Waals surface area (Å²) >= 11 is 1.32. The molecule has 6 nitrogen and oxygen atoms in total. The average Bonchev–Trinajstić information content (AvgIpc) is 2.82. The molecule has 2 rings (SSSR count). The van der Waals surface area contributed by atoms with Crippen LogP contribution in [0.4, 0.5) is 10.9 Å². The van der Waals surface area contributed by atoms with Gasteiger partial charge >= 0.3 is 0 Å². The number of nitrogens with one attached hydrogen (secondary N) is 1. The van der Waals surface area contributed by atoms with Crippen molar-refractivity contribution in [3.63, 3.8) is 0 Å². The van der Waals surface area contributed by atoms with Crippen molar-refractivity contribution in [1.29, 1.82) is 0 Å². The molecule has 1 aliphatic rings. The number of carbonyl (C=O) groups excluding carboxylic acids is 1. The monoisotopic (exact) mass is 312 g/mol. The molecule has 0 saturated carbocycles. The molecule has 7 heteroatoms. The molecule has 3 N–H and O–H groups in total. The lowest BCUT2D eigenvalue weighted by atomic mass is 9.92. The van der Waals surface area contributed by atoms with Gasteiger partial charge in [-0.25, -0.2) is 4.98 Å². The predicted octanol–water partition coefficient (Wildman–Crippen LogP) is 2.04. The number of rotatable bonds is 5. The van der Waals surface area contributed by atoms with Crippen molar-refractivity contribution in [1.82, 2.24) is 9.88 Å². The number of hydrogen-bond donors (Lipinski definition) is 2. The first-order chi connectivity index (χ1) is 10.0. The summed E-state index contributed by atoms with van der Waals surface area (Å²) in [5.74, 6) is 0.843. The van der Waals surface area contributed by atoms with Gasteiger partial charge in [-0.1, -0.05) is 18.3 Å². The van der Waals surface area contributed by atoms with Crippen LogP contribution < -0.4 is 11.1 Å². The lowest BCUT2D eigenvalue weighted by molar-refractivity contribution is 0.0557. The fraction of sp³-hybridized carbons (Fsp3) is 0.714. The number of carbonyl (C=O) groups is 1. The van der Waals surface area contributed by atoms with Crippen LogP contribution in [0, 0.1) is 5.92 Å². The van der Waals surface area contributed by atoms with Crippen molar-refractivity contribution < 1.29 is 9.53 Å². The number of aromatic nitrogens is 1. The Labute approximate surface area is 129 Å². The minimum absolute atomic E-state index is 0.00356. The number of likely N-dealkylation sites (tertiary alicyclic amines) is 1. The van der Waals surface area contributed by atoms with Crippen molar-refractivity contribution in [2.75, 3.05) is 37.9 Å². The molecule has 1 fully saturated rings. The fourth-order valence-electron chi connectivity index (χ4n) is 2.57. The molecule has 1 amide bonds. The van der Waals surface area contributed by atoms with Gasteiger partial charge < -0.3 is 20.7 Å². The van der Waals surface area contributed by atoms with Gasteiger partial charge in [0.05, 0.1) is 6.61 Å². The first-order valence-corrected chi connectivity index (χ1v) is 8.16. The molecule has 0 radical (unpaired) electrons. The van der Waals surface area contributed by atoms with Gasteiger partial charge in [-0.15, -0.1) is 0 Å². The largest absolute Gasteiger partial charge is 0.383 e. The Kier molecular flexibility index (Phi) is 5.41. The number of nitrogens with two attached hydrogens (primary N) is 1. The van der Waals surface area contributed by atoms with E-state index in [0.717, 1.165) is 13.0 Å². The summed E-state index contributed by atoms with van der Waals surface area (Å²) in [5.41, 5.74) is 5.91. The van der Waals surface area contributed by atoms with E-state index in [1.54, 1.807) is 7.11 Å². The molecule has 2 atom stereocenters. The summed E-state index contributed by atoms with van der Waals surface area (Å²) in [4.78, 5) is 19.4. The Balaban J connectivity index is 2.08. The molecule has 0 aromatic carbocycles. The second-order valence-electron chi connectivity index (χ2n) is 5.51. The van der Waals surface area contributed by atoms with Crippen LogP contribution >= 0.6 is 11.3 Å². The number of methoxy groups -OCH3 is 1. The fourth-order valence-corrected chi connectivity index (χ4v) is 3.44. The lowest BCUT2D eigenvalue weighted by Gasteiger charge is -2.37. The van der Waals surface area contributed by atoms with Crippen LogP contribution in [0.1, 0.15) is 36.4 Å². The number of ether oxygens (including phenoxy) is 1. The maximum absolute atomic E-state index is 12.7. The Morgan fingerprint density at radius 2 is 2.33 bits per heavy atom. The molecular weight excluding hydrogens is 288 g/mol. The van der Waals surface area contributed by atoms with Crippen LogP contribution in [0.15, 0.2) is 0 Å². The lowest BCUT2D eigenvalue weighted by Crippen LogP contribution is -2.45. The minimum Gasteiger partial charge on any atom is -0.383 e. The molecule has 118 valence electrons. The second-order valence-corrected chi connectivity index (χ2v) is 6.51. The summed E-state index contributed by atoms with van der Waals surface area (Å²) in [6.45, 7) is 6.33. The number of amides is 1. The molecule has 0 spiro atoms. The summed E-state index contributed by atoms with van der Waals surface area (Å²) < 4.78 is 4.98. The van der Waals surface area contributed by atoms with E-state index in [-0.39, 0.29) is 11.9 Å². The molecule has 1 aromatic rings. The first-order valence-electron chi connectivity index (χ1n) is 7.34. The maximum Gasteiger partial charge on any atom is 0.268 e. The van der Waals surface area contributed by atoms with E-state index < -0.39 is 0 Å². The number of piperidine rings is 1.